The van der Waals surface area contributed by atoms with E-state index in [2.05, 4.69) is 32.8 Å². The molecular formula is C18H23N3O3. The summed E-state index contributed by atoms with van der Waals surface area (Å²) in [4.78, 5) is 31.7. The number of carbonyl (C=O) groups is 2. The molecule has 0 unspecified atom stereocenters. The molecule has 0 aliphatic carbocycles. The van der Waals surface area contributed by atoms with Gasteiger partial charge in [-0.2, -0.15) is 5.48 Å². The van der Waals surface area contributed by atoms with E-state index in [0.717, 1.165) is 42.3 Å². The van der Waals surface area contributed by atoms with Gasteiger partial charge in [0.25, 0.3) is 5.91 Å². The second-order valence-corrected chi connectivity index (χ2v) is 5.50. The van der Waals surface area contributed by atoms with Crippen LogP contribution in [0.15, 0.2) is 36.4 Å². The number of aromatic nitrogens is 1. The number of nitrogens with one attached hydrogen (secondary N) is 2. The van der Waals surface area contributed by atoms with E-state index in [4.69, 9.17) is 0 Å². The number of hydrogen-bond donors (Lipinski definition) is 2. The van der Waals surface area contributed by atoms with Crippen molar-refractivity contribution in [1.29, 1.82) is 0 Å². The molecule has 2 rings (SSSR count). The summed E-state index contributed by atoms with van der Waals surface area (Å²) in [5.41, 5.74) is 4.21. The average Bonchev–Trinajstić information content (AvgIpc) is 2.60. The minimum atomic E-state index is -0.645. The lowest BCUT2D eigenvalue weighted by atomic mass is 10.1. The summed E-state index contributed by atoms with van der Waals surface area (Å²) < 4.78 is 0. The smallest absolute Gasteiger partial charge is 0.322 e. The molecule has 0 saturated heterocycles. The summed E-state index contributed by atoms with van der Waals surface area (Å²) in [5.74, 6) is -0.287. The zero-order valence-electron chi connectivity index (χ0n) is 13.9. The molecule has 1 aromatic heterocycles. The monoisotopic (exact) mass is 329 g/mol. The number of amides is 2. The van der Waals surface area contributed by atoms with Crippen LogP contribution in [0.1, 0.15) is 38.3 Å². The third kappa shape index (κ3) is 5.87. The minimum Gasteiger partial charge on any atom is -0.322 e. The second kappa shape index (κ2) is 9.50. The predicted molar refractivity (Wildman–Crippen MR) is 92.2 cm³/mol. The van der Waals surface area contributed by atoms with Crippen LogP contribution in [-0.2, 0) is 16.1 Å². The van der Waals surface area contributed by atoms with Crippen LogP contribution in [0.4, 0.5) is 4.79 Å². The third-order valence-corrected chi connectivity index (χ3v) is 3.57. The van der Waals surface area contributed by atoms with Crippen molar-refractivity contribution in [3.05, 3.63) is 42.1 Å². The number of carbonyl (C=O) groups excluding carboxylic acids is 2. The Morgan fingerprint density at radius 2 is 1.92 bits per heavy atom. The highest BCUT2D eigenvalue weighted by atomic mass is 16.7. The van der Waals surface area contributed by atoms with Crippen LogP contribution in [0.25, 0.3) is 10.9 Å². The molecule has 0 saturated carbocycles. The van der Waals surface area contributed by atoms with Gasteiger partial charge in [0.2, 0.25) is 0 Å². The first-order chi connectivity index (χ1) is 11.7. The zero-order chi connectivity index (χ0) is 17.2. The maximum Gasteiger partial charge on any atom is 0.431 e. The molecule has 0 fully saturated rings. The normalized spacial score (nSPS) is 10.4. The van der Waals surface area contributed by atoms with Gasteiger partial charge in [-0.05, 0) is 38.3 Å². The van der Waals surface area contributed by atoms with Gasteiger partial charge in [0.05, 0.1) is 5.52 Å². The number of benzene rings is 1. The highest BCUT2D eigenvalue weighted by molar-refractivity contribution is 5.78. The van der Waals surface area contributed by atoms with E-state index in [1.54, 1.807) is 6.92 Å². The van der Waals surface area contributed by atoms with E-state index >= 15 is 0 Å². The number of fused-ring (bicyclic) bond motifs is 1. The largest absolute Gasteiger partial charge is 0.431 e. The van der Waals surface area contributed by atoms with Crippen molar-refractivity contribution < 1.29 is 14.4 Å². The Morgan fingerprint density at radius 3 is 2.75 bits per heavy atom. The lowest BCUT2D eigenvalue weighted by Gasteiger charge is -2.06. The molecular weight excluding hydrogens is 306 g/mol. The van der Waals surface area contributed by atoms with Gasteiger partial charge in [-0.1, -0.05) is 30.7 Å². The molecule has 0 radical (unpaired) electrons. The molecule has 0 aliphatic heterocycles. The van der Waals surface area contributed by atoms with Crippen LogP contribution in [0.3, 0.4) is 0 Å². The van der Waals surface area contributed by atoms with E-state index in [0.29, 0.717) is 13.0 Å². The Hall–Kier alpha value is -2.63. The van der Waals surface area contributed by atoms with Gasteiger partial charge >= 0.3 is 6.09 Å². The molecule has 24 heavy (non-hydrogen) atoms. The number of hydroxylamine groups is 1. The fourth-order valence-electron chi connectivity index (χ4n) is 2.35. The Morgan fingerprint density at radius 1 is 1.08 bits per heavy atom. The van der Waals surface area contributed by atoms with Gasteiger partial charge in [-0.15, -0.1) is 0 Å². The summed E-state index contributed by atoms with van der Waals surface area (Å²) in [6.45, 7) is 2.23. The Balaban J connectivity index is 1.62. The van der Waals surface area contributed by atoms with Crippen LogP contribution in [-0.4, -0.2) is 23.5 Å². The summed E-state index contributed by atoms with van der Waals surface area (Å²) in [5, 5.41) is 3.57. The third-order valence-electron chi connectivity index (χ3n) is 3.57. The number of hydrogen-bond acceptors (Lipinski definition) is 4. The molecule has 0 atom stereocenters. The molecule has 0 bridgehead atoms. The highest BCUT2D eigenvalue weighted by Gasteiger charge is 2.05. The maximum atomic E-state index is 11.5. The van der Waals surface area contributed by atoms with Crippen LogP contribution in [0.5, 0.6) is 0 Å². The van der Waals surface area contributed by atoms with Crippen LogP contribution in [0.2, 0.25) is 0 Å². The Kier molecular flexibility index (Phi) is 7.01. The zero-order valence-corrected chi connectivity index (χ0v) is 13.9. The van der Waals surface area contributed by atoms with Crippen molar-refractivity contribution in [3.63, 3.8) is 0 Å². The first-order valence-corrected chi connectivity index (χ1v) is 8.27. The van der Waals surface area contributed by atoms with Gasteiger partial charge < -0.3 is 10.2 Å². The number of unbranched alkanes of at least 4 members (excludes halogenated alkanes) is 2. The number of para-hydroxylation sites is 1. The quantitative estimate of drug-likeness (QED) is 0.604. The van der Waals surface area contributed by atoms with Crippen molar-refractivity contribution >= 4 is 22.9 Å². The molecule has 2 aromatic rings. The summed E-state index contributed by atoms with van der Waals surface area (Å²) in [6.07, 6.45) is 3.22. The van der Waals surface area contributed by atoms with E-state index in [-0.39, 0.29) is 5.91 Å². The molecule has 6 nitrogen and oxygen atoms in total. The van der Waals surface area contributed by atoms with Crippen molar-refractivity contribution in [2.45, 2.75) is 39.0 Å². The van der Waals surface area contributed by atoms with Crippen LogP contribution < -0.4 is 10.8 Å². The van der Waals surface area contributed by atoms with Gasteiger partial charge in [0.1, 0.15) is 0 Å². The molecule has 0 aliphatic rings. The lowest BCUT2D eigenvalue weighted by molar-refractivity contribution is -0.129. The topological polar surface area (TPSA) is 80.3 Å². The molecule has 0 spiro atoms. The summed E-state index contributed by atoms with van der Waals surface area (Å²) in [7, 11) is 0. The average molecular weight is 329 g/mol. The number of rotatable bonds is 7. The van der Waals surface area contributed by atoms with Crippen molar-refractivity contribution in [1.82, 2.24) is 15.8 Å². The second-order valence-electron chi connectivity index (χ2n) is 5.50. The van der Waals surface area contributed by atoms with Gasteiger partial charge in [0.15, 0.2) is 0 Å². The Bertz CT molecular complexity index is 688. The number of pyridine rings is 1. The first kappa shape index (κ1) is 17.7. The molecule has 1 aromatic carbocycles. The maximum absolute atomic E-state index is 11.5. The van der Waals surface area contributed by atoms with E-state index in [1.807, 2.05) is 24.3 Å². The molecule has 2 N–H and O–H groups in total. The SMILES string of the molecule is CCNC(=O)ONC(=O)CCCCCc1ccc2ccccc2n1. The molecule has 128 valence electrons. The minimum absolute atomic E-state index is 0.287. The van der Waals surface area contributed by atoms with E-state index in [9.17, 15) is 9.59 Å². The number of aryl methyl sites for hydroxylation is 1. The number of nitrogens with zero attached hydrogens (tertiary/aromatic N) is 1. The first-order valence-electron chi connectivity index (χ1n) is 8.27. The van der Waals surface area contributed by atoms with Crippen molar-refractivity contribution in [2.24, 2.45) is 0 Å². The van der Waals surface area contributed by atoms with Gasteiger partial charge in [-0.3, -0.25) is 9.78 Å². The Labute approximate surface area is 141 Å². The van der Waals surface area contributed by atoms with E-state index < -0.39 is 6.09 Å². The van der Waals surface area contributed by atoms with E-state index in [1.165, 1.54) is 0 Å². The van der Waals surface area contributed by atoms with Crippen molar-refractivity contribution in [2.75, 3.05) is 6.54 Å². The molecule has 2 amide bonds. The predicted octanol–water partition coefficient (Wildman–Crippen LogP) is 3.12. The lowest BCUT2D eigenvalue weighted by Crippen LogP contribution is -2.33. The molecule has 6 heteroatoms. The standard InChI is InChI=1S/C18H23N3O3/c1-2-19-18(23)24-21-17(22)11-5-3-4-9-15-13-12-14-8-6-7-10-16(14)20-15/h6-8,10,12-13H,2-5,9,11H2,1H3,(H,19,23)(H,21,22). The summed E-state index contributed by atoms with van der Waals surface area (Å²) >= 11 is 0. The van der Waals surface area contributed by atoms with Crippen molar-refractivity contribution in [3.8, 4) is 0 Å². The summed E-state index contributed by atoms with van der Waals surface area (Å²) in [6, 6.07) is 12.2. The van der Waals surface area contributed by atoms with Crippen LogP contribution in [0, 0.1) is 0 Å². The fraction of sp³-hybridized carbons (Fsp3) is 0.389. The van der Waals surface area contributed by atoms with Gasteiger partial charge in [0, 0.05) is 24.0 Å². The fourth-order valence-corrected chi connectivity index (χ4v) is 2.35. The van der Waals surface area contributed by atoms with Gasteiger partial charge in [-0.25, -0.2) is 4.79 Å². The van der Waals surface area contributed by atoms with Crippen LogP contribution >= 0.6 is 0 Å². The highest BCUT2D eigenvalue weighted by Crippen LogP contribution is 2.13. The molecule has 1 heterocycles.